The van der Waals surface area contributed by atoms with Gasteiger partial charge in [0.05, 0.1) is 12.2 Å². The van der Waals surface area contributed by atoms with Crippen LogP contribution in [0, 0.1) is 6.92 Å². The maximum atomic E-state index is 5.99. The SMILES string of the molecule is Cc1ccc2nc(N3CCNCC3COc3cccnc3)oc2c1.Cl. The molecule has 7 heteroatoms. The lowest BCUT2D eigenvalue weighted by Crippen LogP contribution is -2.54. The number of piperazine rings is 1. The first-order chi connectivity index (χ1) is 11.8. The molecule has 1 aliphatic heterocycles. The van der Waals surface area contributed by atoms with Crippen LogP contribution >= 0.6 is 12.4 Å². The quantitative estimate of drug-likeness (QED) is 0.772. The van der Waals surface area contributed by atoms with Gasteiger partial charge >= 0.3 is 0 Å². The smallest absolute Gasteiger partial charge is 0.298 e. The molecule has 1 N–H and O–H groups in total. The first-order valence-electron chi connectivity index (χ1n) is 8.17. The van der Waals surface area contributed by atoms with E-state index in [-0.39, 0.29) is 18.4 Å². The molecule has 1 fully saturated rings. The number of halogens is 1. The predicted octanol–water partition coefficient (Wildman–Crippen LogP) is 2.81. The monoisotopic (exact) mass is 360 g/mol. The molecule has 1 aromatic carbocycles. The minimum absolute atomic E-state index is 0. The van der Waals surface area contributed by atoms with Crippen molar-refractivity contribution in [2.45, 2.75) is 13.0 Å². The summed E-state index contributed by atoms with van der Waals surface area (Å²) in [4.78, 5) is 10.9. The van der Waals surface area contributed by atoms with Crippen LogP contribution in [0.2, 0.25) is 0 Å². The van der Waals surface area contributed by atoms with Gasteiger partial charge in [-0.05, 0) is 36.8 Å². The molecule has 6 nitrogen and oxygen atoms in total. The Morgan fingerprint density at radius 2 is 2.28 bits per heavy atom. The summed E-state index contributed by atoms with van der Waals surface area (Å²) in [5.41, 5.74) is 2.89. The second-order valence-corrected chi connectivity index (χ2v) is 6.02. The molecule has 1 atom stereocenters. The average Bonchev–Trinajstić information content (AvgIpc) is 3.04. The molecule has 0 saturated carbocycles. The first kappa shape index (κ1) is 17.5. The van der Waals surface area contributed by atoms with Gasteiger partial charge in [-0.1, -0.05) is 6.07 Å². The van der Waals surface area contributed by atoms with Crippen molar-refractivity contribution >= 4 is 29.5 Å². The number of aromatic nitrogens is 2. The van der Waals surface area contributed by atoms with Crippen LogP contribution in [-0.2, 0) is 0 Å². The van der Waals surface area contributed by atoms with Gasteiger partial charge in [-0.15, -0.1) is 12.4 Å². The van der Waals surface area contributed by atoms with Gasteiger partial charge in [0, 0.05) is 25.8 Å². The molecule has 0 radical (unpaired) electrons. The fraction of sp³-hybridized carbons (Fsp3) is 0.333. The van der Waals surface area contributed by atoms with Gasteiger partial charge in [-0.25, -0.2) is 0 Å². The second-order valence-electron chi connectivity index (χ2n) is 6.02. The summed E-state index contributed by atoms with van der Waals surface area (Å²) < 4.78 is 11.9. The summed E-state index contributed by atoms with van der Waals surface area (Å²) in [6.45, 7) is 5.18. The van der Waals surface area contributed by atoms with Gasteiger partial charge in [0.1, 0.15) is 17.9 Å². The van der Waals surface area contributed by atoms with Crippen LogP contribution in [0.15, 0.2) is 47.1 Å². The number of hydrogen-bond acceptors (Lipinski definition) is 6. The summed E-state index contributed by atoms with van der Waals surface area (Å²) in [5.74, 6) is 0.774. The van der Waals surface area contributed by atoms with Crippen LogP contribution in [-0.4, -0.2) is 42.3 Å². The summed E-state index contributed by atoms with van der Waals surface area (Å²) in [6, 6.07) is 10.7. The maximum Gasteiger partial charge on any atom is 0.298 e. The Balaban J connectivity index is 0.00000182. The zero-order valence-corrected chi connectivity index (χ0v) is 14.8. The predicted molar refractivity (Wildman–Crippen MR) is 99.7 cm³/mol. The fourth-order valence-corrected chi connectivity index (χ4v) is 2.93. The largest absolute Gasteiger partial charge is 0.490 e. The molecule has 25 heavy (non-hydrogen) atoms. The van der Waals surface area contributed by atoms with Crippen molar-refractivity contribution in [1.29, 1.82) is 0 Å². The molecular formula is C18H21ClN4O2. The third-order valence-electron chi connectivity index (χ3n) is 4.21. The van der Waals surface area contributed by atoms with Crippen LogP contribution in [0.5, 0.6) is 5.75 Å². The molecule has 1 saturated heterocycles. The molecule has 132 valence electrons. The van der Waals surface area contributed by atoms with Gasteiger partial charge in [-0.2, -0.15) is 4.98 Å². The molecular weight excluding hydrogens is 340 g/mol. The van der Waals surface area contributed by atoms with E-state index in [0.29, 0.717) is 12.6 Å². The van der Waals surface area contributed by atoms with E-state index < -0.39 is 0 Å². The van der Waals surface area contributed by atoms with Crippen LogP contribution in [0.4, 0.5) is 6.01 Å². The number of rotatable bonds is 4. The average molecular weight is 361 g/mol. The highest BCUT2D eigenvalue weighted by Crippen LogP contribution is 2.25. The van der Waals surface area contributed by atoms with E-state index in [9.17, 15) is 0 Å². The molecule has 0 bridgehead atoms. The van der Waals surface area contributed by atoms with Gasteiger partial charge in [0.25, 0.3) is 6.01 Å². The highest BCUT2D eigenvalue weighted by atomic mass is 35.5. The minimum Gasteiger partial charge on any atom is -0.490 e. The van der Waals surface area contributed by atoms with E-state index >= 15 is 0 Å². The lowest BCUT2D eigenvalue weighted by molar-refractivity contribution is 0.261. The van der Waals surface area contributed by atoms with Gasteiger partial charge in [-0.3, -0.25) is 4.98 Å². The molecule has 0 amide bonds. The molecule has 3 heterocycles. The molecule has 1 aliphatic rings. The third-order valence-corrected chi connectivity index (χ3v) is 4.21. The van der Waals surface area contributed by atoms with Crippen molar-refractivity contribution in [2.24, 2.45) is 0 Å². The topological polar surface area (TPSA) is 63.4 Å². The summed E-state index contributed by atoms with van der Waals surface area (Å²) >= 11 is 0. The summed E-state index contributed by atoms with van der Waals surface area (Å²) in [7, 11) is 0. The van der Waals surface area contributed by atoms with Gasteiger partial charge < -0.3 is 19.4 Å². The van der Waals surface area contributed by atoms with E-state index in [1.165, 1.54) is 5.56 Å². The lowest BCUT2D eigenvalue weighted by Gasteiger charge is -2.34. The van der Waals surface area contributed by atoms with E-state index in [1.807, 2.05) is 24.3 Å². The van der Waals surface area contributed by atoms with Crippen molar-refractivity contribution in [3.05, 3.63) is 48.3 Å². The molecule has 4 rings (SSSR count). The van der Waals surface area contributed by atoms with Crippen LogP contribution < -0.4 is 15.0 Å². The number of fused-ring (bicyclic) bond motifs is 1. The number of aryl methyl sites for hydroxylation is 1. The van der Waals surface area contributed by atoms with Crippen LogP contribution in [0.25, 0.3) is 11.1 Å². The van der Waals surface area contributed by atoms with E-state index in [2.05, 4.69) is 33.2 Å². The van der Waals surface area contributed by atoms with Crippen molar-refractivity contribution in [1.82, 2.24) is 15.3 Å². The lowest BCUT2D eigenvalue weighted by atomic mass is 10.2. The Labute approximate surface area is 152 Å². The Hall–Kier alpha value is -2.31. The number of oxazole rings is 1. The molecule has 1 unspecified atom stereocenters. The Morgan fingerprint density at radius 1 is 1.36 bits per heavy atom. The highest BCUT2D eigenvalue weighted by molar-refractivity contribution is 5.85. The molecule has 0 spiro atoms. The van der Waals surface area contributed by atoms with Gasteiger partial charge in [0.15, 0.2) is 5.58 Å². The summed E-state index contributed by atoms with van der Waals surface area (Å²) in [5, 5.41) is 3.41. The standard InChI is InChI=1S/C18H20N4O2.ClH/c1-13-4-5-16-17(9-13)24-18(21-16)22-8-7-20-10-14(22)12-23-15-3-2-6-19-11-15;/h2-6,9,11,14,20H,7-8,10,12H2,1H3;1H. The number of nitrogens with one attached hydrogen (secondary N) is 1. The maximum absolute atomic E-state index is 5.99. The Kier molecular flexibility index (Phi) is 5.40. The highest BCUT2D eigenvalue weighted by Gasteiger charge is 2.27. The second kappa shape index (κ2) is 7.72. The minimum atomic E-state index is 0. The van der Waals surface area contributed by atoms with Crippen molar-refractivity contribution in [3.8, 4) is 5.75 Å². The van der Waals surface area contributed by atoms with Gasteiger partial charge in [0.2, 0.25) is 0 Å². The Morgan fingerprint density at radius 3 is 3.12 bits per heavy atom. The number of ether oxygens (including phenoxy) is 1. The zero-order chi connectivity index (χ0) is 16.4. The summed E-state index contributed by atoms with van der Waals surface area (Å²) in [6.07, 6.45) is 3.46. The van der Waals surface area contributed by atoms with Crippen molar-refractivity contribution in [3.63, 3.8) is 0 Å². The number of pyridine rings is 1. The first-order valence-corrected chi connectivity index (χ1v) is 8.17. The number of benzene rings is 1. The molecule has 2 aromatic heterocycles. The third kappa shape index (κ3) is 3.86. The van der Waals surface area contributed by atoms with Crippen LogP contribution in [0.3, 0.4) is 0 Å². The van der Waals surface area contributed by atoms with Crippen molar-refractivity contribution in [2.75, 3.05) is 31.1 Å². The number of anilines is 1. The fourth-order valence-electron chi connectivity index (χ4n) is 2.93. The Bertz CT molecular complexity index is 824. The van der Waals surface area contributed by atoms with E-state index in [0.717, 1.165) is 36.5 Å². The normalized spacial score (nSPS) is 17.3. The number of hydrogen-bond donors (Lipinski definition) is 1. The van der Waals surface area contributed by atoms with E-state index in [1.54, 1.807) is 12.4 Å². The number of nitrogens with zero attached hydrogens (tertiary/aromatic N) is 3. The van der Waals surface area contributed by atoms with Crippen LogP contribution in [0.1, 0.15) is 5.56 Å². The van der Waals surface area contributed by atoms with Crippen molar-refractivity contribution < 1.29 is 9.15 Å². The van der Waals surface area contributed by atoms with E-state index in [4.69, 9.17) is 9.15 Å². The molecule has 3 aromatic rings. The zero-order valence-electron chi connectivity index (χ0n) is 14.0. The molecule has 0 aliphatic carbocycles.